The first-order chi connectivity index (χ1) is 13.0. The number of para-hydroxylation sites is 1. The van der Waals surface area contributed by atoms with Gasteiger partial charge in [-0.15, -0.1) is 0 Å². The Bertz CT molecular complexity index is 700. The highest BCUT2D eigenvalue weighted by atomic mass is 19.4. The second-order valence-corrected chi connectivity index (χ2v) is 4.93. The molecule has 0 amide bonds. The maximum Gasteiger partial charge on any atom is 0.499 e. The molecule has 0 N–H and O–H groups in total. The van der Waals surface area contributed by atoms with Crippen LogP contribution >= 0.6 is 0 Å². The number of ether oxygens (including phenoxy) is 3. The van der Waals surface area contributed by atoms with Crippen LogP contribution in [0, 0.1) is 0 Å². The van der Waals surface area contributed by atoms with Gasteiger partial charge in [0.2, 0.25) is 5.75 Å². The van der Waals surface area contributed by atoms with Gasteiger partial charge in [-0.3, -0.25) is 0 Å². The largest absolute Gasteiger partial charge is 0.499 e. The van der Waals surface area contributed by atoms with Gasteiger partial charge in [0.05, 0.1) is 0 Å². The van der Waals surface area contributed by atoms with Crippen LogP contribution in [0.25, 0.3) is 0 Å². The Kier molecular flexibility index (Phi) is 6.29. The predicted molar refractivity (Wildman–Crippen MR) is 61.3 cm³/mol. The van der Waals surface area contributed by atoms with Crippen LogP contribution in [0.5, 0.6) is 17.2 Å². The van der Waals surface area contributed by atoms with Gasteiger partial charge in [-0.25, -0.2) is 0 Å². The van der Waals surface area contributed by atoms with E-state index in [9.17, 15) is 65.9 Å². The topological polar surface area (TPSA) is 27.7 Å². The lowest BCUT2D eigenvalue weighted by molar-refractivity contribution is -0.371. The first kappa shape index (κ1) is 25.6. The lowest BCUT2D eigenvalue weighted by atomic mass is 10.3. The highest BCUT2D eigenvalue weighted by Gasteiger charge is 2.65. The molecule has 0 radical (unpaired) electrons. The molecule has 30 heavy (non-hydrogen) atoms. The van der Waals surface area contributed by atoms with Crippen molar-refractivity contribution in [3.63, 3.8) is 0 Å². The minimum Gasteiger partial charge on any atom is -0.422 e. The third-order valence-corrected chi connectivity index (χ3v) is 2.64. The molecule has 0 aromatic heterocycles. The molecule has 0 aliphatic heterocycles. The molecule has 1 aromatic rings. The van der Waals surface area contributed by atoms with Crippen LogP contribution in [0.4, 0.5) is 65.9 Å². The molecule has 3 nitrogen and oxygen atoms in total. The maximum atomic E-state index is 13.0. The van der Waals surface area contributed by atoms with Crippen LogP contribution < -0.4 is 14.2 Å². The molecule has 0 aliphatic rings. The summed E-state index contributed by atoms with van der Waals surface area (Å²) in [6, 6.07) is -0.387. The van der Waals surface area contributed by atoms with Gasteiger partial charge in [0, 0.05) is 0 Å². The summed E-state index contributed by atoms with van der Waals surface area (Å²) in [4.78, 5) is 0. The van der Waals surface area contributed by atoms with E-state index in [1.807, 2.05) is 0 Å². The molecule has 0 atom stereocenters. The minimum atomic E-state index is -6.73. The van der Waals surface area contributed by atoms with Crippen LogP contribution in [-0.2, 0) is 0 Å². The van der Waals surface area contributed by atoms with E-state index in [0.717, 1.165) is 0 Å². The molecule has 0 unspecified atom stereocenters. The molecular formula is C12H3F15O3. The molecule has 0 heterocycles. The van der Waals surface area contributed by atoms with Crippen molar-refractivity contribution in [3.05, 3.63) is 18.2 Å². The Balaban J connectivity index is 3.60. The standard InChI is InChI=1S/C12H3F15O3/c13-7(14,15)10(22,23)28-4-2-1-3-5(29-11(24,25)8(16,17)18)6(4)30-12(26,27)9(19,20)21/h1-3H. The molecule has 0 spiro atoms. The first-order valence-corrected chi connectivity index (χ1v) is 6.55. The van der Waals surface area contributed by atoms with Gasteiger partial charge in [0.1, 0.15) is 0 Å². The van der Waals surface area contributed by atoms with Crippen molar-refractivity contribution in [1.29, 1.82) is 0 Å². The zero-order valence-corrected chi connectivity index (χ0v) is 13.1. The third kappa shape index (κ3) is 5.38. The number of benzene rings is 1. The summed E-state index contributed by atoms with van der Waals surface area (Å²) in [6.07, 6.45) is -39.1. The fraction of sp³-hybridized carbons (Fsp3) is 0.500. The summed E-state index contributed by atoms with van der Waals surface area (Å²) < 4.78 is 196. The fourth-order valence-electron chi connectivity index (χ4n) is 1.34. The van der Waals surface area contributed by atoms with Crippen molar-refractivity contribution in [1.82, 2.24) is 0 Å². The van der Waals surface area contributed by atoms with Crippen molar-refractivity contribution in [2.75, 3.05) is 0 Å². The summed E-state index contributed by atoms with van der Waals surface area (Å²) >= 11 is 0. The van der Waals surface area contributed by atoms with Crippen molar-refractivity contribution >= 4 is 0 Å². The monoisotopic (exact) mass is 480 g/mol. The Labute approximate surface area is 153 Å². The second-order valence-electron chi connectivity index (χ2n) is 4.93. The molecule has 174 valence electrons. The van der Waals surface area contributed by atoms with Crippen LogP contribution in [0.2, 0.25) is 0 Å². The van der Waals surface area contributed by atoms with Gasteiger partial charge in [-0.2, -0.15) is 65.9 Å². The Morgan fingerprint density at radius 2 is 0.700 bits per heavy atom. The molecule has 0 fully saturated rings. The van der Waals surface area contributed by atoms with Crippen molar-refractivity contribution < 1.29 is 80.1 Å². The molecule has 1 rings (SSSR count). The van der Waals surface area contributed by atoms with E-state index in [1.54, 1.807) is 0 Å². The van der Waals surface area contributed by atoms with Gasteiger partial charge in [0.15, 0.2) is 11.5 Å². The van der Waals surface area contributed by atoms with E-state index in [0.29, 0.717) is 0 Å². The zero-order chi connectivity index (χ0) is 24.0. The molecular weight excluding hydrogens is 477 g/mol. The van der Waals surface area contributed by atoms with E-state index in [-0.39, 0.29) is 18.2 Å². The summed E-state index contributed by atoms with van der Waals surface area (Å²) in [5.74, 6) is -7.62. The van der Waals surface area contributed by atoms with Crippen LogP contribution in [0.1, 0.15) is 0 Å². The molecule has 18 heteroatoms. The van der Waals surface area contributed by atoms with Crippen LogP contribution in [-0.4, -0.2) is 36.9 Å². The van der Waals surface area contributed by atoms with Gasteiger partial charge in [0.25, 0.3) is 0 Å². The highest BCUT2D eigenvalue weighted by Crippen LogP contribution is 2.49. The Hall–Kier alpha value is -2.43. The molecule has 0 bridgehead atoms. The molecule has 1 aromatic carbocycles. The summed E-state index contributed by atoms with van der Waals surface area (Å²) in [6.45, 7) is 0. The van der Waals surface area contributed by atoms with E-state index in [4.69, 9.17) is 0 Å². The predicted octanol–water partition coefficient (Wildman–Crippen LogP) is 6.29. The fourth-order valence-corrected chi connectivity index (χ4v) is 1.34. The molecule has 0 aliphatic carbocycles. The molecule has 0 saturated heterocycles. The highest BCUT2D eigenvalue weighted by molar-refractivity contribution is 5.51. The quantitative estimate of drug-likeness (QED) is 0.449. The Morgan fingerprint density at radius 1 is 0.433 bits per heavy atom. The van der Waals surface area contributed by atoms with Crippen LogP contribution in [0.15, 0.2) is 18.2 Å². The van der Waals surface area contributed by atoms with Gasteiger partial charge in [-0.1, -0.05) is 6.07 Å². The van der Waals surface area contributed by atoms with E-state index < -0.39 is 54.1 Å². The maximum absolute atomic E-state index is 13.0. The summed E-state index contributed by atoms with van der Waals surface area (Å²) in [5, 5.41) is 0. The van der Waals surface area contributed by atoms with Gasteiger partial charge < -0.3 is 14.2 Å². The number of alkyl halides is 15. The Morgan fingerprint density at radius 3 is 0.967 bits per heavy atom. The molecule has 0 saturated carbocycles. The van der Waals surface area contributed by atoms with Crippen molar-refractivity contribution in [3.8, 4) is 17.2 Å². The number of halogens is 15. The average Bonchev–Trinajstić information content (AvgIpc) is 2.46. The van der Waals surface area contributed by atoms with Crippen LogP contribution in [0.3, 0.4) is 0 Å². The number of rotatable bonds is 6. The summed E-state index contributed by atoms with van der Waals surface area (Å²) in [7, 11) is 0. The summed E-state index contributed by atoms with van der Waals surface area (Å²) in [5.41, 5.74) is 0. The van der Waals surface area contributed by atoms with E-state index in [2.05, 4.69) is 14.2 Å². The SMILES string of the molecule is FC(F)(F)C(F)(F)Oc1cccc(OC(F)(F)C(F)(F)F)c1OC(F)(F)C(F)(F)F. The third-order valence-electron chi connectivity index (χ3n) is 2.64. The normalized spacial score (nSPS) is 14.5. The number of hydrogen-bond acceptors (Lipinski definition) is 3. The van der Waals surface area contributed by atoms with E-state index >= 15 is 0 Å². The van der Waals surface area contributed by atoms with Gasteiger partial charge in [-0.05, 0) is 12.1 Å². The lowest BCUT2D eigenvalue weighted by Gasteiger charge is -2.27. The zero-order valence-electron chi connectivity index (χ0n) is 13.1. The van der Waals surface area contributed by atoms with Crippen molar-refractivity contribution in [2.24, 2.45) is 0 Å². The van der Waals surface area contributed by atoms with Crippen molar-refractivity contribution in [2.45, 2.75) is 36.9 Å². The first-order valence-electron chi connectivity index (χ1n) is 6.55. The van der Waals surface area contributed by atoms with Gasteiger partial charge >= 0.3 is 36.9 Å². The van der Waals surface area contributed by atoms with E-state index in [1.165, 1.54) is 0 Å². The smallest absolute Gasteiger partial charge is 0.422 e. The lowest BCUT2D eigenvalue weighted by Crippen LogP contribution is -2.44. The second kappa shape index (κ2) is 7.36. The minimum absolute atomic E-state index is 0.0577. The average molecular weight is 480 g/mol. The number of hydrogen-bond donors (Lipinski definition) is 0.